The summed E-state index contributed by atoms with van der Waals surface area (Å²) in [4.78, 5) is 14.3. The van der Waals surface area contributed by atoms with E-state index in [0.29, 0.717) is 17.7 Å². The van der Waals surface area contributed by atoms with Gasteiger partial charge in [0.05, 0.1) is 6.26 Å². The zero-order valence-electron chi connectivity index (χ0n) is 10.5. The molecule has 0 aliphatic carbocycles. The van der Waals surface area contributed by atoms with Crippen molar-refractivity contribution in [2.75, 3.05) is 31.4 Å². The quantitative estimate of drug-likeness (QED) is 0.851. The number of furan rings is 1. The van der Waals surface area contributed by atoms with Crippen LogP contribution in [0.25, 0.3) is 0 Å². The number of ether oxygens (including phenoxy) is 1. The number of hydrogen-bond acceptors (Lipinski definition) is 7. The predicted molar refractivity (Wildman–Crippen MR) is 66.7 cm³/mol. The van der Waals surface area contributed by atoms with Crippen LogP contribution in [-0.4, -0.2) is 36.1 Å². The second-order valence-corrected chi connectivity index (χ2v) is 3.75. The Kier molecular flexibility index (Phi) is 3.61. The summed E-state index contributed by atoms with van der Waals surface area (Å²) < 4.78 is 10.6. The van der Waals surface area contributed by atoms with Crippen LogP contribution >= 0.6 is 0 Å². The Labute approximate surface area is 105 Å². The summed E-state index contributed by atoms with van der Waals surface area (Å²) in [6, 6.07) is 3.89. The molecule has 0 atom stereocenters. The molecule has 2 rings (SSSR count). The summed E-state index contributed by atoms with van der Waals surface area (Å²) in [5, 5.41) is 2.86. The van der Waals surface area contributed by atoms with Crippen LogP contribution in [-0.2, 0) is 6.61 Å². The average molecular weight is 249 g/mol. The Balaban J connectivity index is 2.13. The first-order valence-corrected chi connectivity index (χ1v) is 5.45. The lowest BCUT2D eigenvalue weighted by Crippen LogP contribution is -2.15. The lowest BCUT2D eigenvalue weighted by molar-refractivity contribution is 0.250. The van der Waals surface area contributed by atoms with E-state index in [2.05, 4.69) is 20.3 Å². The molecule has 0 bridgehead atoms. The number of nitrogens with zero attached hydrogens (tertiary/aromatic N) is 4. The van der Waals surface area contributed by atoms with Crippen molar-refractivity contribution in [3.63, 3.8) is 0 Å². The Morgan fingerprint density at radius 1 is 1.33 bits per heavy atom. The van der Waals surface area contributed by atoms with Crippen LogP contribution < -0.4 is 15.0 Å². The fraction of sp³-hybridized carbons (Fsp3) is 0.364. The lowest BCUT2D eigenvalue weighted by atomic mass is 10.5. The topological polar surface area (TPSA) is 76.3 Å². The number of rotatable bonds is 5. The van der Waals surface area contributed by atoms with Gasteiger partial charge in [-0.25, -0.2) is 0 Å². The van der Waals surface area contributed by atoms with E-state index in [0.717, 1.165) is 0 Å². The molecule has 0 fully saturated rings. The van der Waals surface area contributed by atoms with E-state index in [4.69, 9.17) is 9.15 Å². The summed E-state index contributed by atoms with van der Waals surface area (Å²) >= 11 is 0. The largest absolute Gasteiger partial charge is 0.466 e. The van der Waals surface area contributed by atoms with Gasteiger partial charge in [0.1, 0.15) is 12.4 Å². The van der Waals surface area contributed by atoms with Crippen LogP contribution in [0.4, 0.5) is 11.9 Å². The van der Waals surface area contributed by atoms with Crippen LogP contribution in [0.1, 0.15) is 5.76 Å². The maximum Gasteiger partial charge on any atom is 0.323 e. The third-order valence-electron chi connectivity index (χ3n) is 2.15. The van der Waals surface area contributed by atoms with Crippen LogP contribution in [0.3, 0.4) is 0 Å². The van der Waals surface area contributed by atoms with E-state index in [1.54, 1.807) is 24.3 Å². The number of anilines is 2. The van der Waals surface area contributed by atoms with Gasteiger partial charge in [-0.05, 0) is 12.1 Å². The Bertz CT molecular complexity index is 498. The summed E-state index contributed by atoms with van der Waals surface area (Å²) in [7, 11) is 5.45. The van der Waals surface area contributed by atoms with E-state index in [-0.39, 0.29) is 12.6 Å². The third-order valence-corrected chi connectivity index (χ3v) is 2.15. The molecule has 96 valence electrons. The van der Waals surface area contributed by atoms with E-state index in [9.17, 15) is 0 Å². The van der Waals surface area contributed by atoms with Gasteiger partial charge in [-0.2, -0.15) is 15.0 Å². The molecular formula is C11H15N5O2. The monoisotopic (exact) mass is 249 g/mol. The Morgan fingerprint density at radius 2 is 2.17 bits per heavy atom. The van der Waals surface area contributed by atoms with Crippen LogP contribution in [0.15, 0.2) is 22.8 Å². The highest BCUT2D eigenvalue weighted by atomic mass is 16.5. The summed E-state index contributed by atoms with van der Waals surface area (Å²) in [6.45, 7) is 0.285. The highest BCUT2D eigenvalue weighted by Gasteiger charge is 2.08. The van der Waals surface area contributed by atoms with E-state index < -0.39 is 0 Å². The van der Waals surface area contributed by atoms with E-state index in [1.807, 2.05) is 20.2 Å². The smallest absolute Gasteiger partial charge is 0.323 e. The highest BCUT2D eigenvalue weighted by molar-refractivity contribution is 5.36. The standard InChI is InChI=1S/C11H15N5O2/c1-12-9-13-10(16(2)3)15-11(14-9)18-7-8-5-4-6-17-8/h4-6H,7H2,1-3H3,(H,12,13,14,15). The third kappa shape index (κ3) is 2.88. The molecule has 0 saturated heterocycles. The van der Waals surface area contributed by atoms with E-state index in [1.165, 1.54) is 0 Å². The molecule has 0 amide bonds. The minimum Gasteiger partial charge on any atom is -0.466 e. The van der Waals surface area contributed by atoms with Gasteiger partial charge < -0.3 is 19.4 Å². The van der Waals surface area contributed by atoms with Gasteiger partial charge in [0.15, 0.2) is 0 Å². The lowest BCUT2D eigenvalue weighted by Gasteiger charge is -2.12. The minimum atomic E-state index is 0.259. The molecular weight excluding hydrogens is 234 g/mol. The van der Waals surface area contributed by atoms with Gasteiger partial charge >= 0.3 is 6.01 Å². The van der Waals surface area contributed by atoms with Crippen molar-refractivity contribution in [2.24, 2.45) is 0 Å². The first-order chi connectivity index (χ1) is 8.69. The number of aromatic nitrogens is 3. The molecule has 2 aromatic heterocycles. The molecule has 0 aliphatic rings. The predicted octanol–water partition coefficient (Wildman–Crippen LogP) is 1.15. The molecule has 2 aromatic rings. The molecule has 0 radical (unpaired) electrons. The van der Waals surface area contributed by atoms with Crippen molar-refractivity contribution >= 4 is 11.9 Å². The first kappa shape index (κ1) is 12.2. The fourth-order valence-electron chi connectivity index (χ4n) is 1.25. The van der Waals surface area contributed by atoms with Crippen molar-refractivity contribution in [3.8, 4) is 6.01 Å². The molecule has 7 nitrogen and oxygen atoms in total. The maximum absolute atomic E-state index is 5.46. The zero-order valence-corrected chi connectivity index (χ0v) is 10.5. The number of hydrogen-bond donors (Lipinski definition) is 1. The average Bonchev–Trinajstić information content (AvgIpc) is 2.89. The molecule has 2 heterocycles. The normalized spacial score (nSPS) is 10.2. The first-order valence-electron chi connectivity index (χ1n) is 5.45. The summed E-state index contributed by atoms with van der Waals surface area (Å²) in [6.07, 6.45) is 1.59. The molecule has 18 heavy (non-hydrogen) atoms. The second kappa shape index (κ2) is 5.35. The maximum atomic E-state index is 5.46. The van der Waals surface area contributed by atoms with Gasteiger partial charge in [0.2, 0.25) is 11.9 Å². The van der Waals surface area contributed by atoms with Crippen molar-refractivity contribution < 1.29 is 9.15 Å². The van der Waals surface area contributed by atoms with Crippen LogP contribution in [0, 0.1) is 0 Å². The molecule has 7 heteroatoms. The van der Waals surface area contributed by atoms with Gasteiger partial charge in [-0.15, -0.1) is 0 Å². The summed E-state index contributed by atoms with van der Waals surface area (Å²) in [5.41, 5.74) is 0. The van der Waals surface area contributed by atoms with Crippen molar-refractivity contribution in [2.45, 2.75) is 6.61 Å². The zero-order chi connectivity index (χ0) is 13.0. The van der Waals surface area contributed by atoms with Crippen molar-refractivity contribution in [3.05, 3.63) is 24.2 Å². The molecule has 0 aliphatic heterocycles. The number of nitrogens with one attached hydrogen (secondary N) is 1. The highest BCUT2D eigenvalue weighted by Crippen LogP contribution is 2.14. The van der Waals surface area contributed by atoms with Gasteiger partial charge in [-0.1, -0.05) is 0 Å². The van der Waals surface area contributed by atoms with Crippen molar-refractivity contribution in [1.29, 1.82) is 0 Å². The van der Waals surface area contributed by atoms with Crippen molar-refractivity contribution in [1.82, 2.24) is 15.0 Å². The molecule has 0 unspecified atom stereocenters. The van der Waals surface area contributed by atoms with Gasteiger partial charge in [0, 0.05) is 21.1 Å². The second-order valence-electron chi connectivity index (χ2n) is 3.75. The fourth-order valence-corrected chi connectivity index (χ4v) is 1.25. The van der Waals surface area contributed by atoms with Gasteiger partial charge in [-0.3, -0.25) is 0 Å². The summed E-state index contributed by atoms with van der Waals surface area (Å²) in [5.74, 6) is 1.71. The molecule has 0 aromatic carbocycles. The SMILES string of the molecule is CNc1nc(OCc2ccco2)nc(N(C)C)n1. The van der Waals surface area contributed by atoms with Crippen LogP contribution in [0.2, 0.25) is 0 Å². The minimum absolute atomic E-state index is 0.259. The molecule has 1 N–H and O–H groups in total. The molecule has 0 spiro atoms. The molecule has 0 saturated carbocycles. The Hall–Kier alpha value is -2.31. The van der Waals surface area contributed by atoms with E-state index >= 15 is 0 Å². The van der Waals surface area contributed by atoms with Crippen LogP contribution in [0.5, 0.6) is 6.01 Å². The van der Waals surface area contributed by atoms with Gasteiger partial charge in [0.25, 0.3) is 0 Å². The Morgan fingerprint density at radius 3 is 2.78 bits per heavy atom.